The highest BCUT2D eigenvalue weighted by Gasteiger charge is 2.06. The van der Waals surface area contributed by atoms with Crippen molar-refractivity contribution in [2.45, 2.75) is 13.3 Å². The van der Waals surface area contributed by atoms with Gasteiger partial charge in [0, 0.05) is 11.6 Å². The van der Waals surface area contributed by atoms with Crippen molar-refractivity contribution in [3.63, 3.8) is 0 Å². The Balaban J connectivity index is 1.97. The number of phenols is 1. The van der Waals surface area contributed by atoms with Crippen LogP contribution in [0, 0.1) is 0 Å². The molecule has 0 saturated carbocycles. The van der Waals surface area contributed by atoms with Crippen molar-refractivity contribution in [3.8, 4) is 22.9 Å². The number of phenolic OH excluding ortho intramolecular Hbond substituents is 1. The van der Waals surface area contributed by atoms with Gasteiger partial charge in [-0.25, -0.2) is 4.98 Å². The van der Waals surface area contributed by atoms with Crippen molar-refractivity contribution in [1.82, 2.24) is 9.97 Å². The number of H-pyrrole nitrogens is 1. The zero-order valence-electron chi connectivity index (χ0n) is 11.3. The topological polar surface area (TPSA) is 58.1 Å². The summed E-state index contributed by atoms with van der Waals surface area (Å²) >= 11 is 0. The third kappa shape index (κ3) is 2.45. The molecule has 3 aromatic rings. The Hall–Kier alpha value is -2.49. The van der Waals surface area contributed by atoms with E-state index < -0.39 is 0 Å². The van der Waals surface area contributed by atoms with Crippen LogP contribution in [0.4, 0.5) is 0 Å². The number of fused-ring (bicyclic) bond motifs is 1. The van der Waals surface area contributed by atoms with E-state index >= 15 is 0 Å². The average molecular weight is 268 g/mol. The van der Waals surface area contributed by atoms with E-state index in [2.05, 4.69) is 16.9 Å². The Bertz CT molecular complexity index is 734. The summed E-state index contributed by atoms with van der Waals surface area (Å²) in [4.78, 5) is 7.73. The molecule has 0 aliphatic rings. The molecule has 0 saturated heterocycles. The smallest absolute Gasteiger partial charge is 0.138 e. The minimum Gasteiger partial charge on any atom is -0.508 e. The third-order valence-electron chi connectivity index (χ3n) is 3.05. The highest BCUT2D eigenvalue weighted by Crippen LogP contribution is 2.25. The largest absolute Gasteiger partial charge is 0.508 e. The number of hydrogen-bond acceptors (Lipinski definition) is 3. The van der Waals surface area contributed by atoms with Crippen molar-refractivity contribution in [2.24, 2.45) is 0 Å². The summed E-state index contributed by atoms with van der Waals surface area (Å²) in [6.45, 7) is 2.78. The Morgan fingerprint density at radius 2 is 2.10 bits per heavy atom. The zero-order valence-corrected chi connectivity index (χ0v) is 11.3. The van der Waals surface area contributed by atoms with Crippen LogP contribution in [-0.2, 0) is 0 Å². The van der Waals surface area contributed by atoms with Gasteiger partial charge in [0.2, 0.25) is 0 Å². The quantitative estimate of drug-likeness (QED) is 0.758. The molecule has 0 aliphatic carbocycles. The molecule has 2 N–H and O–H groups in total. The van der Waals surface area contributed by atoms with Crippen molar-refractivity contribution in [1.29, 1.82) is 0 Å². The molecule has 102 valence electrons. The fraction of sp³-hybridized carbons (Fsp3) is 0.188. The molecule has 1 aromatic heterocycles. The SMILES string of the molecule is CCCOc1cccc(-c2nc3ccc(O)cc3[nH]2)c1. The first-order valence-corrected chi connectivity index (χ1v) is 6.68. The second-order valence-corrected chi connectivity index (χ2v) is 4.66. The number of nitrogens with one attached hydrogen (secondary N) is 1. The van der Waals surface area contributed by atoms with Gasteiger partial charge in [-0.3, -0.25) is 0 Å². The van der Waals surface area contributed by atoms with Crippen molar-refractivity contribution in [2.75, 3.05) is 6.61 Å². The average Bonchev–Trinajstić information content (AvgIpc) is 2.88. The lowest BCUT2D eigenvalue weighted by molar-refractivity contribution is 0.317. The predicted octanol–water partition coefficient (Wildman–Crippen LogP) is 3.72. The summed E-state index contributed by atoms with van der Waals surface area (Å²) in [6, 6.07) is 12.9. The standard InChI is InChI=1S/C16H16N2O2/c1-2-8-20-13-5-3-4-11(9-13)16-17-14-7-6-12(19)10-15(14)18-16/h3-7,9-10,19H,2,8H2,1H3,(H,17,18). The second kappa shape index (κ2) is 5.25. The highest BCUT2D eigenvalue weighted by atomic mass is 16.5. The van der Waals surface area contributed by atoms with Gasteiger partial charge in [0.25, 0.3) is 0 Å². The molecule has 0 atom stereocenters. The minimum absolute atomic E-state index is 0.229. The van der Waals surface area contributed by atoms with E-state index in [0.29, 0.717) is 6.61 Å². The lowest BCUT2D eigenvalue weighted by Gasteiger charge is -2.05. The lowest BCUT2D eigenvalue weighted by Crippen LogP contribution is -1.94. The maximum atomic E-state index is 9.48. The third-order valence-corrected chi connectivity index (χ3v) is 3.05. The highest BCUT2D eigenvalue weighted by molar-refractivity contribution is 5.80. The van der Waals surface area contributed by atoms with E-state index in [0.717, 1.165) is 34.6 Å². The van der Waals surface area contributed by atoms with Crippen LogP contribution in [0.3, 0.4) is 0 Å². The fourth-order valence-corrected chi connectivity index (χ4v) is 2.09. The molecule has 4 heteroatoms. The van der Waals surface area contributed by atoms with Gasteiger partial charge in [0.1, 0.15) is 17.3 Å². The van der Waals surface area contributed by atoms with E-state index in [9.17, 15) is 5.11 Å². The summed E-state index contributed by atoms with van der Waals surface area (Å²) in [5, 5.41) is 9.48. The Labute approximate surface area is 117 Å². The van der Waals surface area contributed by atoms with E-state index in [4.69, 9.17) is 4.74 Å². The van der Waals surface area contributed by atoms with E-state index in [1.54, 1.807) is 18.2 Å². The molecule has 20 heavy (non-hydrogen) atoms. The maximum absolute atomic E-state index is 9.48. The first-order valence-electron chi connectivity index (χ1n) is 6.68. The van der Waals surface area contributed by atoms with Crippen LogP contribution >= 0.6 is 0 Å². The number of aromatic nitrogens is 2. The van der Waals surface area contributed by atoms with Gasteiger partial charge in [-0.2, -0.15) is 0 Å². The molecule has 0 aliphatic heterocycles. The van der Waals surface area contributed by atoms with Gasteiger partial charge in [0.05, 0.1) is 17.6 Å². The minimum atomic E-state index is 0.229. The Morgan fingerprint density at radius 1 is 1.20 bits per heavy atom. The fourth-order valence-electron chi connectivity index (χ4n) is 2.09. The van der Waals surface area contributed by atoms with Gasteiger partial charge in [-0.05, 0) is 30.7 Å². The van der Waals surface area contributed by atoms with E-state index in [-0.39, 0.29) is 5.75 Å². The molecule has 0 spiro atoms. The molecule has 3 rings (SSSR count). The molecule has 0 bridgehead atoms. The van der Waals surface area contributed by atoms with Gasteiger partial charge in [0.15, 0.2) is 0 Å². The molecule has 2 aromatic carbocycles. The normalized spacial score (nSPS) is 10.8. The van der Waals surface area contributed by atoms with Gasteiger partial charge >= 0.3 is 0 Å². The number of benzene rings is 2. The molecule has 0 unspecified atom stereocenters. The molecular weight excluding hydrogens is 252 g/mol. The lowest BCUT2D eigenvalue weighted by atomic mass is 10.2. The number of aromatic amines is 1. The number of imidazole rings is 1. The van der Waals surface area contributed by atoms with Crippen LogP contribution in [0.25, 0.3) is 22.4 Å². The summed E-state index contributed by atoms with van der Waals surface area (Å²) in [5.74, 6) is 1.84. The molecule has 4 nitrogen and oxygen atoms in total. The van der Waals surface area contributed by atoms with Crippen LogP contribution in [0.1, 0.15) is 13.3 Å². The van der Waals surface area contributed by atoms with Crippen LogP contribution in [0.5, 0.6) is 11.5 Å². The molecule has 0 fully saturated rings. The number of aromatic hydroxyl groups is 1. The molecular formula is C16H16N2O2. The monoisotopic (exact) mass is 268 g/mol. The van der Waals surface area contributed by atoms with Crippen LogP contribution in [-0.4, -0.2) is 21.7 Å². The number of nitrogens with zero attached hydrogens (tertiary/aromatic N) is 1. The van der Waals surface area contributed by atoms with E-state index in [1.165, 1.54) is 0 Å². The van der Waals surface area contributed by atoms with Gasteiger partial charge in [-0.1, -0.05) is 19.1 Å². The number of hydrogen-bond donors (Lipinski definition) is 2. The number of ether oxygens (including phenoxy) is 1. The predicted molar refractivity (Wildman–Crippen MR) is 79.0 cm³/mol. The Kier molecular flexibility index (Phi) is 3.29. The van der Waals surface area contributed by atoms with Crippen LogP contribution in [0.2, 0.25) is 0 Å². The van der Waals surface area contributed by atoms with Gasteiger partial charge in [-0.15, -0.1) is 0 Å². The zero-order chi connectivity index (χ0) is 13.9. The maximum Gasteiger partial charge on any atom is 0.138 e. The summed E-state index contributed by atoms with van der Waals surface area (Å²) in [5.41, 5.74) is 2.62. The summed E-state index contributed by atoms with van der Waals surface area (Å²) in [7, 11) is 0. The van der Waals surface area contributed by atoms with Crippen LogP contribution in [0.15, 0.2) is 42.5 Å². The van der Waals surface area contributed by atoms with Crippen LogP contribution < -0.4 is 4.74 Å². The second-order valence-electron chi connectivity index (χ2n) is 4.66. The van der Waals surface area contributed by atoms with E-state index in [1.807, 2.05) is 24.3 Å². The van der Waals surface area contributed by atoms with Crippen molar-refractivity contribution in [3.05, 3.63) is 42.5 Å². The number of rotatable bonds is 4. The molecule has 0 amide bonds. The molecule has 1 heterocycles. The van der Waals surface area contributed by atoms with Crippen molar-refractivity contribution < 1.29 is 9.84 Å². The first kappa shape index (κ1) is 12.5. The summed E-state index contributed by atoms with van der Waals surface area (Å²) in [6.07, 6.45) is 0.980. The summed E-state index contributed by atoms with van der Waals surface area (Å²) < 4.78 is 5.63. The first-order chi connectivity index (χ1) is 9.76. The Morgan fingerprint density at radius 3 is 2.95 bits per heavy atom. The van der Waals surface area contributed by atoms with Crippen molar-refractivity contribution >= 4 is 11.0 Å². The molecule has 0 radical (unpaired) electrons. The van der Waals surface area contributed by atoms with Gasteiger partial charge < -0.3 is 14.8 Å².